The van der Waals surface area contributed by atoms with Crippen LogP contribution in [0.1, 0.15) is 30.3 Å². The Kier molecular flexibility index (Phi) is 5.38. The number of carbonyl (C=O) groups is 1. The maximum absolute atomic E-state index is 12.5. The van der Waals surface area contributed by atoms with Crippen LogP contribution < -0.4 is 16.4 Å². The number of hydrogen-bond acceptors (Lipinski definition) is 8. The van der Waals surface area contributed by atoms with Crippen molar-refractivity contribution in [3.05, 3.63) is 28.0 Å². The van der Waals surface area contributed by atoms with Gasteiger partial charge >= 0.3 is 0 Å². The summed E-state index contributed by atoms with van der Waals surface area (Å²) in [6.45, 7) is 4.05. The van der Waals surface area contributed by atoms with E-state index in [9.17, 15) is 4.79 Å². The van der Waals surface area contributed by atoms with E-state index in [-0.39, 0.29) is 23.3 Å². The predicted molar refractivity (Wildman–Crippen MR) is 137 cm³/mol. The Hall–Kier alpha value is -2.99. The molecule has 2 fully saturated rings. The fourth-order valence-electron chi connectivity index (χ4n) is 5.46. The zero-order valence-electron chi connectivity index (χ0n) is 19.8. The number of nitrogens with one attached hydrogen (secondary N) is 1. The number of benzene rings is 1. The number of piperidine rings is 1. The molecule has 1 amide bonds. The molecule has 2 aliphatic heterocycles. The van der Waals surface area contributed by atoms with Crippen LogP contribution in [0.5, 0.6) is 0 Å². The van der Waals surface area contributed by atoms with Gasteiger partial charge in [-0.15, -0.1) is 0 Å². The summed E-state index contributed by atoms with van der Waals surface area (Å²) in [6, 6.07) is 3.59. The predicted octanol–water partition coefficient (Wildman–Crippen LogP) is 2.64. The zero-order chi connectivity index (χ0) is 25.4. The number of primary amides is 1. The molecular weight excluding hydrogens is 505 g/mol. The van der Waals surface area contributed by atoms with Gasteiger partial charge in [0.15, 0.2) is 5.65 Å². The van der Waals surface area contributed by atoms with E-state index in [1.165, 1.54) is 0 Å². The van der Waals surface area contributed by atoms with Gasteiger partial charge in [0.05, 0.1) is 39.7 Å². The van der Waals surface area contributed by atoms with Crippen LogP contribution in [0, 0.1) is 5.41 Å². The highest BCUT2D eigenvalue weighted by Crippen LogP contribution is 2.43. The maximum Gasteiger partial charge on any atom is 0.268 e. The summed E-state index contributed by atoms with van der Waals surface area (Å²) in [7, 11) is 1.74. The molecule has 1 aromatic carbocycles. The van der Waals surface area contributed by atoms with Crippen LogP contribution in [0.3, 0.4) is 0 Å². The van der Waals surface area contributed by atoms with E-state index in [1.807, 2.05) is 11.8 Å². The summed E-state index contributed by atoms with van der Waals surface area (Å²) in [5, 5.41) is 13.5. The molecule has 3 aromatic heterocycles. The molecule has 6 rings (SSSR count). The van der Waals surface area contributed by atoms with Gasteiger partial charge in [0.2, 0.25) is 5.95 Å². The quantitative estimate of drug-likeness (QED) is 0.365. The second kappa shape index (κ2) is 8.27. The molecule has 0 radical (unpaired) electrons. The van der Waals surface area contributed by atoms with Crippen LogP contribution in [0.15, 0.2) is 12.1 Å². The minimum absolute atomic E-state index is 0.00599. The molecule has 4 aromatic rings. The van der Waals surface area contributed by atoms with Gasteiger partial charge in [-0.25, -0.2) is 4.98 Å². The first-order valence-electron chi connectivity index (χ1n) is 11.7. The van der Waals surface area contributed by atoms with Gasteiger partial charge in [0.25, 0.3) is 5.91 Å². The molecule has 36 heavy (non-hydrogen) atoms. The van der Waals surface area contributed by atoms with Crippen molar-refractivity contribution < 1.29 is 9.53 Å². The second-order valence-corrected chi connectivity index (χ2v) is 10.4. The number of hydrogen-bond donors (Lipinski definition) is 3. The average Bonchev–Trinajstić information content (AvgIpc) is 3.50. The van der Waals surface area contributed by atoms with Crippen molar-refractivity contribution in [1.29, 1.82) is 0 Å². The molecule has 188 valence electrons. The normalized spacial score (nSPS) is 21.8. The third kappa shape index (κ3) is 3.37. The van der Waals surface area contributed by atoms with Gasteiger partial charge in [-0.3, -0.25) is 14.6 Å². The first-order chi connectivity index (χ1) is 17.2. The lowest BCUT2D eigenvalue weighted by molar-refractivity contribution is 0.0973. The van der Waals surface area contributed by atoms with Gasteiger partial charge in [-0.1, -0.05) is 23.2 Å². The lowest BCUT2D eigenvalue weighted by Crippen LogP contribution is -2.51. The summed E-state index contributed by atoms with van der Waals surface area (Å²) in [6.07, 6.45) is 1.73. The number of carbonyl (C=O) groups excluding carboxylic acids is 1. The number of aromatic nitrogens is 6. The minimum atomic E-state index is -0.684. The molecule has 1 spiro atoms. The Morgan fingerprint density at radius 3 is 2.64 bits per heavy atom. The molecule has 11 nitrogen and oxygen atoms in total. The summed E-state index contributed by atoms with van der Waals surface area (Å²) in [5.74, 6) is -0.280. The molecule has 0 aliphatic carbocycles. The summed E-state index contributed by atoms with van der Waals surface area (Å²) < 4.78 is 7.37. The van der Waals surface area contributed by atoms with E-state index in [1.54, 1.807) is 23.9 Å². The zero-order valence-corrected chi connectivity index (χ0v) is 21.3. The smallest absolute Gasteiger partial charge is 0.268 e. The number of anilines is 1. The average molecular weight is 530 g/mol. The van der Waals surface area contributed by atoms with E-state index < -0.39 is 5.91 Å². The van der Waals surface area contributed by atoms with Crippen molar-refractivity contribution in [2.75, 3.05) is 24.6 Å². The van der Waals surface area contributed by atoms with Crippen molar-refractivity contribution in [2.45, 2.75) is 31.9 Å². The summed E-state index contributed by atoms with van der Waals surface area (Å²) in [4.78, 5) is 23.8. The number of fused-ring (bicyclic) bond motifs is 2. The molecule has 0 bridgehead atoms. The van der Waals surface area contributed by atoms with E-state index >= 15 is 0 Å². The first-order valence-corrected chi connectivity index (χ1v) is 12.4. The van der Waals surface area contributed by atoms with Crippen LogP contribution in [0.25, 0.3) is 33.2 Å². The molecule has 2 atom stereocenters. The standard InChI is InChI=1S/C23H25Cl2N9O2/c1-10-18(26)23(9-36-10)5-7-34(8-6-23)22-28-17(20(27)35)14-16(30-31-21(14)29-22)11-3-4-12-13(15(11)24)19(25)33(2)32-12/h3-4,10,18H,5-9,26H2,1-2H3,(H2,27,35)(H,28,29,30,31)/t10-,18+/m0/s1. The third-order valence-electron chi connectivity index (χ3n) is 7.66. The summed E-state index contributed by atoms with van der Waals surface area (Å²) >= 11 is 13.2. The monoisotopic (exact) mass is 529 g/mol. The van der Waals surface area contributed by atoms with Crippen molar-refractivity contribution >= 4 is 57.0 Å². The Balaban J connectivity index is 1.40. The largest absolute Gasteiger partial charge is 0.376 e. The minimum Gasteiger partial charge on any atom is -0.376 e. The molecule has 0 saturated carbocycles. The van der Waals surface area contributed by atoms with E-state index in [2.05, 4.69) is 25.3 Å². The van der Waals surface area contributed by atoms with E-state index in [0.29, 0.717) is 69.0 Å². The number of nitrogens with two attached hydrogens (primary N) is 2. The Bertz CT molecular complexity index is 1520. The van der Waals surface area contributed by atoms with Crippen LogP contribution in [0.2, 0.25) is 10.2 Å². The number of halogens is 2. The number of nitrogens with zero attached hydrogens (tertiary/aromatic N) is 6. The lowest BCUT2D eigenvalue weighted by atomic mass is 9.73. The number of rotatable bonds is 3. The molecule has 2 saturated heterocycles. The SMILES string of the molecule is C[C@@H]1OCC2(CCN(c3nc(C(N)=O)c4c(-c5ccc6nn(C)c(Cl)c6c5Cl)[nH]nc4n3)CC2)[C@@H]1N. The highest BCUT2D eigenvalue weighted by molar-refractivity contribution is 6.43. The van der Waals surface area contributed by atoms with Gasteiger partial charge in [-0.05, 0) is 31.9 Å². The van der Waals surface area contributed by atoms with Gasteiger partial charge in [0.1, 0.15) is 10.8 Å². The van der Waals surface area contributed by atoms with Gasteiger partial charge < -0.3 is 21.1 Å². The van der Waals surface area contributed by atoms with Crippen LogP contribution in [0.4, 0.5) is 5.95 Å². The highest BCUT2D eigenvalue weighted by atomic mass is 35.5. The van der Waals surface area contributed by atoms with Crippen LogP contribution >= 0.6 is 23.2 Å². The molecule has 13 heteroatoms. The molecule has 5 heterocycles. The number of ether oxygens (including phenoxy) is 1. The van der Waals surface area contributed by atoms with E-state index in [0.717, 1.165) is 12.8 Å². The van der Waals surface area contributed by atoms with Crippen molar-refractivity contribution in [1.82, 2.24) is 29.9 Å². The third-order valence-corrected chi connectivity index (χ3v) is 8.49. The maximum atomic E-state index is 12.5. The second-order valence-electron chi connectivity index (χ2n) is 9.66. The van der Waals surface area contributed by atoms with Crippen LogP contribution in [-0.4, -0.2) is 67.7 Å². The van der Waals surface area contributed by atoms with Gasteiger partial charge in [0, 0.05) is 37.2 Å². The highest BCUT2D eigenvalue weighted by Gasteiger charge is 2.47. The van der Waals surface area contributed by atoms with Crippen molar-refractivity contribution in [2.24, 2.45) is 23.9 Å². The lowest BCUT2D eigenvalue weighted by Gasteiger charge is -2.41. The Morgan fingerprint density at radius 1 is 1.22 bits per heavy atom. The van der Waals surface area contributed by atoms with Crippen LogP contribution in [-0.2, 0) is 11.8 Å². The fourth-order valence-corrected chi connectivity index (χ4v) is 6.08. The summed E-state index contributed by atoms with van der Waals surface area (Å²) in [5.41, 5.74) is 14.3. The number of aromatic amines is 1. The topological polar surface area (TPSA) is 154 Å². The van der Waals surface area contributed by atoms with Gasteiger partial charge in [-0.2, -0.15) is 15.2 Å². The fraction of sp³-hybridized carbons (Fsp3) is 0.435. The number of amides is 1. The Morgan fingerprint density at radius 2 is 1.97 bits per heavy atom. The molecule has 0 unspecified atom stereocenters. The molecule has 5 N–H and O–H groups in total. The van der Waals surface area contributed by atoms with Crippen molar-refractivity contribution in [3.8, 4) is 11.3 Å². The van der Waals surface area contributed by atoms with Crippen molar-refractivity contribution in [3.63, 3.8) is 0 Å². The molecular formula is C23H25Cl2N9O2. The molecule has 2 aliphatic rings. The number of H-pyrrole nitrogens is 1. The first kappa shape index (κ1) is 23.4. The van der Waals surface area contributed by atoms with E-state index in [4.69, 9.17) is 39.4 Å². The number of aryl methyl sites for hydroxylation is 1. The Labute approximate surface area is 216 Å².